The summed E-state index contributed by atoms with van der Waals surface area (Å²) in [5.74, 6) is 0.464. The second-order valence-electron chi connectivity index (χ2n) is 3.79. The monoisotopic (exact) mass is 205 g/mol. The van der Waals surface area contributed by atoms with Crippen LogP contribution in [0.3, 0.4) is 0 Å². The van der Waals surface area contributed by atoms with Crippen molar-refractivity contribution in [3.8, 4) is 0 Å². The molecule has 0 bridgehead atoms. The number of hydrogen-bond donors (Lipinski definition) is 1. The molecule has 0 atom stereocenters. The van der Waals surface area contributed by atoms with Crippen LogP contribution in [0.4, 0.5) is 0 Å². The van der Waals surface area contributed by atoms with Crippen LogP contribution in [0.1, 0.15) is 37.7 Å². The van der Waals surface area contributed by atoms with Gasteiger partial charge in [0, 0.05) is 19.4 Å². The van der Waals surface area contributed by atoms with Crippen molar-refractivity contribution < 1.29 is 4.79 Å². The molecule has 1 aromatic carbocycles. The molecule has 0 heterocycles. The van der Waals surface area contributed by atoms with E-state index in [1.807, 2.05) is 30.3 Å². The number of nitrogens with two attached hydrogens (primary N) is 1. The van der Waals surface area contributed by atoms with Gasteiger partial charge in [0.05, 0.1) is 0 Å². The van der Waals surface area contributed by atoms with Gasteiger partial charge in [0.1, 0.15) is 5.78 Å². The smallest absolute Gasteiger partial charge is 0.132 e. The zero-order chi connectivity index (χ0) is 10.9. The van der Waals surface area contributed by atoms with Crippen LogP contribution in [0.25, 0.3) is 0 Å². The highest BCUT2D eigenvalue weighted by Crippen LogP contribution is 2.12. The van der Waals surface area contributed by atoms with Crippen molar-refractivity contribution in [3.05, 3.63) is 35.9 Å². The Morgan fingerprint density at radius 2 is 1.60 bits per heavy atom. The molecule has 1 fully saturated rings. The van der Waals surface area contributed by atoms with Crippen molar-refractivity contribution in [1.82, 2.24) is 0 Å². The molecule has 2 rings (SSSR count). The predicted octanol–water partition coefficient (Wildman–Crippen LogP) is 2.66. The summed E-state index contributed by atoms with van der Waals surface area (Å²) < 4.78 is 0. The number of carbonyl (C=O) groups excluding carboxylic acids is 1. The van der Waals surface area contributed by atoms with E-state index in [9.17, 15) is 4.79 Å². The van der Waals surface area contributed by atoms with Gasteiger partial charge in [-0.2, -0.15) is 0 Å². The molecule has 0 radical (unpaired) electrons. The third-order valence-corrected chi connectivity index (χ3v) is 2.49. The number of hydrogen-bond acceptors (Lipinski definition) is 2. The number of ketones is 1. The first kappa shape index (κ1) is 11.9. The molecule has 15 heavy (non-hydrogen) atoms. The topological polar surface area (TPSA) is 43.1 Å². The van der Waals surface area contributed by atoms with Crippen LogP contribution in [0.2, 0.25) is 0 Å². The molecule has 2 heteroatoms. The van der Waals surface area contributed by atoms with Crippen LogP contribution in [0.15, 0.2) is 30.3 Å². The van der Waals surface area contributed by atoms with Gasteiger partial charge in [-0.1, -0.05) is 36.8 Å². The summed E-state index contributed by atoms with van der Waals surface area (Å²) in [6.45, 7) is 0.640. The van der Waals surface area contributed by atoms with E-state index in [-0.39, 0.29) is 0 Å². The van der Waals surface area contributed by atoms with Crippen LogP contribution >= 0.6 is 0 Å². The Bertz CT molecular complexity index is 274. The Hall–Kier alpha value is -1.15. The third-order valence-electron chi connectivity index (χ3n) is 2.49. The first-order chi connectivity index (χ1) is 7.33. The molecule has 0 amide bonds. The maximum Gasteiger partial charge on any atom is 0.132 e. The lowest BCUT2D eigenvalue weighted by Gasteiger charge is -2.05. The second kappa shape index (κ2) is 7.18. The van der Waals surface area contributed by atoms with Crippen molar-refractivity contribution in [2.45, 2.75) is 38.6 Å². The van der Waals surface area contributed by atoms with E-state index in [0.29, 0.717) is 12.3 Å². The van der Waals surface area contributed by atoms with Gasteiger partial charge in [0.25, 0.3) is 0 Å². The summed E-state index contributed by atoms with van der Waals surface area (Å²) >= 11 is 0. The summed E-state index contributed by atoms with van der Waals surface area (Å²) in [6, 6.07) is 9.99. The third kappa shape index (κ3) is 5.33. The summed E-state index contributed by atoms with van der Waals surface area (Å²) in [6.07, 6.45) is 5.24. The molecular weight excluding hydrogens is 186 g/mol. The fourth-order valence-corrected chi connectivity index (χ4v) is 1.56. The van der Waals surface area contributed by atoms with Gasteiger partial charge < -0.3 is 5.73 Å². The summed E-state index contributed by atoms with van der Waals surface area (Å²) in [7, 11) is 0. The minimum Gasteiger partial charge on any atom is -0.326 e. The summed E-state index contributed by atoms with van der Waals surface area (Å²) in [4.78, 5) is 10.5. The molecule has 0 aromatic heterocycles. The molecule has 0 unspecified atom stereocenters. The van der Waals surface area contributed by atoms with E-state index < -0.39 is 0 Å². The molecule has 2 nitrogen and oxygen atoms in total. The summed E-state index contributed by atoms with van der Waals surface area (Å²) in [5, 5.41) is 0. The van der Waals surface area contributed by atoms with E-state index in [4.69, 9.17) is 5.73 Å². The van der Waals surface area contributed by atoms with Crippen molar-refractivity contribution in [2.24, 2.45) is 5.73 Å². The molecule has 82 valence electrons. The van der Waals surface area contributed by atoms with Crippen LogP contribution < -0.4 is 5.73 Å². The molecule has 1 saturated carbocycles. The largest absolute Gasteiger partial charge is 0.326 e. The molecule has 1 aliphatic rings. The van der Waals surface area contributed by atoms with Crippen molar-refractivity contribution >= 4 is 5.78 Å². The maximum atomic E-state index is 10.5. The predicted molar refractivity (Wildman–Crippen MR) is 62.4 cm³/mol. The van der Waals surface area contributed by atoms with E-state index in [1.165, 1.54) is 12.0 Å². The minimum absolute atomic E-state index is 0.464. The van der Waals surface area contributed by atoms with Crippen LogP contribution in [0, 0.1) is 0 Å². The molecule has 0 spiro atoms. The first-order valence-corrected chi connectivity index (χ1v) is 5.58. The maximum absolute atomic E-state index is 10.5. The van der Waals surface area contributed by atoms with E-state index in [1.54, 1.807) is 0 Å². The normalized spacial score (nSPS) is 15.4. The molecular formula is C13H19NO. The highest BCUT2D eigenvalue weighted by molar-refractivity contribution is 5.78. The molecule has 0 saturated heterocycles. The average Bonchev–Trinajstić information content (AvgIpc) is 2.32. The van der Waals surface area contributed by atoms with Gasteiger partial charge >= 0.3 is 0 Å². The Morgan fingerprint density at radius 3 is 1.93 bits per heavy atom. The average molecular weight is 205 g/mol. The lowest BCUT2D eigenvalue weighted by atomic mass is 10.00. The van der Waals surface area contributed by atoms with E-state index in [2.05, 4.69) is 0 Å². The highest BCUT2D eigenvalue weighted by Gasteiger charge is 2.05. The summed E-state index contributed by atoms with van der Waals surface area (Å²) in [5.41, 5.74) is 6.54. The van der Waals surface area contributed by atoms with Gasteiger partial charge in [-0.25, -0.2) is 0 Å². The van der Waals surface area contributed by atoms with Crippen LogP contribution in [0.5, 0.6) is 0 Å². The Balaban J connectivity index is 0.000000151. The minimum atomic E-state index is 0.464. The van der Waals surface area contributed by atoms with Gasteiger partial charge in [0.15, 0.2) is 0 Å². The Kier molecular flexibility index (Phi) is 5.71. The molecule has 2 N–H and O–H groups in total. The number of rotatable bonds is 1. The molecule has 1 aliphatic carbocycles. The first-order valence-electron chi connectivity index (χ1n) is 5.58. The zero-order valence-electron chi connectivity index (χ0n) is 9.11. The van der Waals surface area contributed by atoms with Crippen LogP contribution in [-0.2, 0) is 11.3 Å². The van der Waals surface area contributed by atoms with Crippen molar-refractivity contribution in [3.63, 3.8) is 0 Å². The number of carbonyl (C=O) groups is 1. The number of benzene rings is 1. The molecule has 1 aromatic rings. The van der Waals surface area contributed by atoms with Gasteiger partial charge in [-0.3, -0.25) is 4.79 Å². The lowest BCUT2D eigenvalue weighted by Crippen LogP contribution is -2.02. The van der Waals surface area contributed by atoms with E-state index in [0.717, 1.165) is 25.7 Å². The Morgan fingerprint density at radius 1 is 1.00 bits per heavy atom. The van der Waals surface area contributed by atoms with Crippen molar-refractivity contribution in [1.29, 1.82) is 0 Å². The highest BCUT2D eigenvalue weighted by atomic mass is 16.1. The molecule has 0 aliphatic heterocycles. The van der Waals surface area contributed by atoms with Crippen LogP contribution in [-0.4, -0.2) is 5.78 Å². The standard InChI is InChI=1S/C7H9N.C6H10O/c8-6-7-4-2-1-3-5-7;7-6-4-2-1-3-5-6/h1-5H,6,8H2;1-5H2. The zero-order valence-corrected chi connectivity index (χ0v) is 9.11. The fraction of sp³-hybridized carbons (Fsp3) is 0.462. The fourth-order valence-electron chi connectivity index (χ4n) is 1.56. The van der Waals surface area contributed by atoms with Gasteiger partial charge in [-0.15, -0.1) is 0 Å². The lowest BCUT2D eigenvalue weighted by molar-refractivity contribution is -0.120. The van der Waals surface area contributed by atoms with Gasteiger partial charge in [0.2, 0.25) is 0 Å². The SMILES string of the molecule is NCc1ccccc1.O=C1CCCCC1. The van der Waals surface area contributed by atoms with Crippen molar-refractivity contribution in [2.75, 3.05) is 0 Å². The quantitative estimate of drug-likeness (QED) is 0.766. The van der Waals surface area contributed by atoms with E-state index >= 15 is 0 Å². The number of Topliss-reactive ketones (excluding diaryl/α,β-unsaturated/α-hetero) is 1. The Labute approximate surface area is 91.5 Å². The second-order valence-corrected chi connectivity index (χ2v) is 3.79. The van der Waals surface area contributed by atoms with Gasteiger partial charge in [-0.05, 0) is 18.4 Å².